The molecule has 0 bridgehead atoms. The molecule has 2 nitrogen and oxygen atoms in total. The molecule has 0 radical (unpaired) electrons. The van der Waals surface area contributed by atoms with Gasteiger partial charge in [0.05, 0.1) is 17.6 Å². The Hall–Kier alpha value is -1.33. The maximum absolute atomic E-state index is 10.6. The molecule has 2 rings (SSSR count). The van der Waals surface area contributed by atoms with E-state index in [1.54, 1.807) is 0 Å². The Bertz CT molecular complexity index is 436. The number of benzene rings is 1. The third-order valence-electron chi connectivity index (χ3n) is 4.60. The van der Waals surface area contributed by atoms with Crippen LogP contribution in [-0.4, -0.2) is 11.2 Å². The molecule has 1 aliphatic rings. The predicted octanol–water partition coefficient (Wildman–Crippen LogP) is 3.70. The second-order valence-electron chi connectivity index (χ2n) is 5.84. The average Bonchev–Trinajstić information content (AvgIpc) is 2.48. The Morgan fingerprint density at radius 1 is 1.42 bits per heavy atom. The van der Waals surface area contributed by atoms with Crippen molar-refractivity contribution in [1.82, 2.24) is 0 Å². The first kappa shape index (κ1) is 14.1. The van der Waals surface area contributed by atoms with Crippen LogP contribution in [0.2, 0.25) is 0 Å². The lowest BCUT2D eigenvalue weighted by Gasteiger charge is -2.39. The summed E-state index contributed by atoms with van der Waals surface area (Å²) in [6.07, 6.45) is 5.12. The number of rotatable bonds is 4. The van der Waals surface area contributed by atoms with Gasteiger partial charge in [-0.1, -0.05) is 56.5 Å². The van der Waals surface area contributed by atoms with Crippen LogP contribution in [0, 0.1) is 22.7 Å². The quantitative estimate of drug-likeness (QED) is 0.893. The van der Waals surface area contributed by atoms with Crippen LogP contribution < -0.4 is 0 Å². The van der Waals surface area contributed by atoms with Crippen molar-refractivity contribution in [3.63, 3.8) is 0 Å². The third kappa shape index (κ3) is 3.16. The van der Waals surface area contributed by atoms with Gasteiger partial charge in [0.15, 0.2) is 0 Å². The third-order valence-corrected chi connectivity index (χ3v) is 4.60. The molecule has 0 saturated heterocycles. The summed E-state index contributed by atoms with van der Waals surface area (Å²) in [5.41, 5.74) is 0.581. The average molecular weight is 257 g/mol. The van der Waals surface area contributed by atoms with E-state index in [-0.39, 0.29) is 0 Å². The van der Waals surface area contributed by atoms with Gasteiger partial charge in [0.1, 0.15) is 0 Å². The van der Waals surface area contributed by atoms with E-state index >= 15 is 0 Å². The van der Waals surface area contributed by atoms with Crippen molar-refractivity contribution in [3.05, 3.63) is 35.9 Å². The minimum atomic E-state index is -0.547. The van der Waals surface area contributed by atoms with Crippen LogP contribution in [0.5, 0.6) is 0 Å². The number of aliphatic hydroxyl groups is 1. The number of hydrogen-bond donors (Lipinski definition) is 1. The molecule has 0 heterocycles. The molecule has 19 heavy (non-hydrogen) atoms. The van der Waals surface area contributed by atoms with Gasteiger partial charge in [0.2, 0.25) is 0 Å². The second kappa shape index (κ2) is 6.21. The van der Waals surface area contributed by atoms with Crippen molar-refractivity contribution >= 4 is 0 Å². The van der Waals surface area contributed by atoms with E-state index < -0.39 is 11.5 Å². The van der Waals surface area contributed by atoms with Crippen molar-refractivity contribution in [2.75, 3.05) is 0 Å². The highest BCUT2D eigenvalue weighted by Crippen LogP contribution is 2.43. The first-order chi connectivity index (χ1) is 9.20. The van der Waals surface area contributed by atoms with E-state index in [1.165, 1.54) is 6.42 Å². The molecular weight excluding hydrogens is 234 g/mol. The molecular formula is C17H23NO. The fourth-order valence-corrected chi connectivity index (χ4v) is 3.29. The molecule has 1 fully saturated rings. The second-order valence-corrected chi connectivity index (χ2v) is 5.84. The minimum Gasteiger partial charge on any atom is -0.391 e. The Labute approximate surface area is 116 Å². The predicted molar refractivity (Wildman–Crippen MR) is 76.4 cm³/mol. The summed E-state index contributed by atoms with van der Waals surface area (Å²) in [5.74, 6) is 0.596. The number of hydrogen-bond acceptors (Lipinski definition) is 2. The summed E-state index contributed by atoms with van der Waals surface area (Å²) in [6.45, 7) is 2.18. The Morgan fingerprint density at radius 3 is 2.79 bits per heavy atom. The maximum Gasteiger partial charge on any atom is 0.0838 e. The first-order valence-corrected chi connectivity index (χ1v) is 7.33. The smallest absolute Gasteiger partial charge is 0.0838 e. The molecule has 1 aliphatic carbocycles. The van der Waals surface area contributed by atoms with Gasteiger partial charge in [-0.3, -0.25) is 0 Å². The molecule has 102 valence electrons. The Morgan fingerprint density at radius 2 is 2.16 bits per heavy atom. The molecule has 1 N–H and O–H groups in total. The Kier molecular flexibility index (Phi) is 4.61. The van der Waals surface area contributed by atoms with Gasteiger partial charge < -0.3 is 5.11 Å². The molecule has 0 amide bonds. The van der Waals surface area contributed by atoms with Gasteiger partial charge in [0.25, 0.3) is 0 Å². The fourth-order valence-electron chi connectivity index (χ4n) is 3.29. The molecule has 3 atom stereocenters. The fraction of sp³-hybridized carbons (Fsp3) is 0.588. The molecule has 3 unspecified atom stereocenters. The summed E-state index contributed by atoms with van der Waals surface area (Å²) in [7, 11) is 0. The normalized spacial score (nSPS) is 28.6. The maximum atomic E-state index is 10.6. The first-order valence-electron chi connectivity index (χ1n) is 7.33. The lowest BCUT2D eigenvalue weighted by molar-refractivity contribution is 0.0204. The zero-order valence-corrected chi connectivity index (χ0v) is 11.7. The molecule has 1 saturated carbocycles. The van der Waals surface area contributed by atoms with Crippen LogP contribution >= 0.6 is 0 Å². The minimum absolute atomic E-state index is 0.533. The van der Waals surface area contributed by atoms with Gasteiger partial charge >= 0.3 is 0 Å². The molecule has 1 aromatic carbocycles. The summed E-state index contributed by atoms with van der Waals surface area (Å²) >= 11 is 0. The van der Waals surface area contributed by atoms with Crippen molar-refractivity contribution in [2.45, 2.75) is 51.6 Å². The van der Waals surface area contributed by atoms with Crippen molar-refractivity contribution in [2.24, 2.45) is 11.3 Å². The van der Waals surface area contributed by atoms with Crippen LogP contribution in [0.1, 0.15) is 44.6 Å². The van der Waals surface area contributed by atoms with E-state index in [4.69, 9.17) is 0 Å². The highest BCUT2D eigenvalue weighted by atomic mass is 16.3. The molecule has 2 heteroatoms. The number of aliphatic hydroxyl groups excluding tert-OH is 1. The highest BCUT2D eigenvalue weighted by molar-refractivity contribution is 5.18. The number of nitrogens with zero attached hydrogens (tertiary/aromatic N) is 1. The summed E-state index contributed by atoms with van der Waals surface area (Å²) in [5, 5.41) is 20.2. The van der Waals surface area contributed by atoms with E-state index in [9.17, 15) is 10.4 Å². The van der Waals surface area contributed by atoms with Gasteiger partial charge in [-0.05, 0) is 30.7 Å². The van der Waals surface area contributed by atoms with Gasteiger partial charge in [-0.25, -0.2) is 0 Å². The van der Waals surface area contributed by atoms with Crippen LogP contribution in [0.4, 0.5) is 0 Å². The summed E-state index contributed by atoms with van der Waals surface area (Å²) < 4.78 is 0. The zero-order chi connectivity index (χ0) is 13.7. The summed E-state index contributed by atoms with van der Waals surface area (Å²) in [6, 6.07) is 12.4. The van der Waals surface area contributed by atoms with Crippen LogP contribution in [-0.2, 0) is 6.42 Å². The van der Waals surface area contributed by atoms with Crippen molar-refractivity contribution in [1.29, 1.82) is 5.26 Å². The highest BCUT2D eigenvalue weighted by Gasteiger charge is 2.42. The molecule has 0 aromatic heterocycles. The van der Waals surface area contributed by atoms with E-state index in [1.807, 2.05) is 30.3 Å². The van der Waals surface area contributed by atoms with Gasteiger partial charge in [-0.15, -0.1) is 0 Å². The van der Waals surface area contributed by atoms with E-state index in [0.717, 1.165) is 31.2 Å². The molecule has 0 aliphatic heterocycles. The molecule has 1 aromatic rings. The van der Waals surface area contributed by atoms with Crippen LogP contribution in [0.3, 0.4) is 0 Å². The van der Waals surface area contributed by atoms with Crippen molar-refractivity contribution in [3.8, 4) is 6.07 Å². The number of nitriles is 1. The monoisotopic (exact) mass is 257 g/mol. The zero-order valence-electron chi connectivity index (χ0n) is 11.7. The largest absolute Gasteiger partial charge is 0.391 e. The van der Waals surface area contributed by atoms with Crippen LogP contribution in [0.15, 0.2) is 30.3 Å². The van der Waals surface area contributed by atoms with Crippen molar-refractivity contribution < 1.29 is 5.11 Å². The lowest BCUT2D eigenvalue weighted by Crippen LogP contribution is -2.39. The van der Waals surface area contributed by atoms with Gasteiger partial charge in [0, 0.05) is 0 Å². The summed E-state index contributed by atoms with van der Waals surface area (Å²) in [4.78, 5) is 0. The SMILES string of the molecule is CCC1CCCC(C#N)(C(O)Cc2ccccc2)C1. The Balaban J connectivity index is 2.10. The lowest BCUT2D eigenvalue weighted by atomic mass is 9.66. The van der Waals surface area contributed by atoms with E-state index in [2.05, 4.69) is 13.0 Å². The van der Waals surface area contributed by atoms with E-state index in [0.29, 0.717) is 12.3 Å². The molecule has 0 spiro atoms. The topological polar surface area (TPSA) is 44.0 Å². The van der Waals surface area contributed by atoms with Gasteiger partial charge in [-0.2, -0.15) is 5.26 Å². The standard InChI is InChI=1S/C17H23NO/c1-2-14-9-6-10-17(12-14,13-18)16(19)11-15-7-4-3-5-8-15/h3-5,7-8,14,16,19H,2,6,9-12H2,1H3. The van der Waals surface area contributed by atoms with Crippen LogP contribution in [0.25, 0.3) is 0 Å².